The molecule has 1 N–H and O–H groups in total. The fraction of sp³-hybridized carbons (Fsp3) is 0.481. The van der Waals surface area contributed by atoms with Crippen LogP contribution in [0.3, 0.4) is 0 Å². The van der Waals surface area contributed by atoms with Crippen molar-refractivity contribution in [3.8, 4) is 0 Å². The van der Waals surface area contributed by atoms with E-state index in [0.717, 1.165) is 63.0 Å². The molecule has 172 valence electrons. The molecule has 0 aliphatic carbocycles. The Bertz CT molecular complexity index is 887. The van der Waals surface area contributed by atoms with Crippen LogP contribution >= 0.6 is 11.6 Å². The summed E-state index contributed by atoms with van der Waals surface area (Å²) in [5, 5.41) is 3.67. The van der Waals surface area contributed by atoms with E-state index in [1.165, 1.54) is 5.56 Å². The number of halogens is 1. The highest BCUT2D eigenvalue weighted by atomic mass is 35.5. The van der Waals surface area contributed by atoms with Crippen LogP contribution in [0.4, 0.5) is 5.69 Å². The first-order valence-electron chi connectivity index (χ1n) is 11.8. The predicted octanol–water partition coefficient (Wildman–Crippen LogP) is 6.56. The van der Waals surface area contributed by atoms with Crippen molar-refractivity contribution in [1.29, 1.82) is 0 Å². The van der Waals surface area contributed by atoms with Crippen LogP contribution in [0.15, 0.2) is 48.5 Å². The fourth-order valence-corrected chi connectivity index (χ4v) is 4.35. The van der Waals surface area contributed by atoms with Gasteiger partial charge in [-0.1, -0.05) is 44.0 Å². The van der Waals surface area contributed by atoms with Crippen LogP contribution in [0.1, 0.15) is 74.2 Å². The zero-order valence-electron chi connectivity index (χ0n) is 19.3. The summed E-state index contributed by atoms with van der Waals surface area (Å²) in [6, 6.07) is 15.5. The van der Waals surface area contributed by atoms with Gasteiger partial charge in [-0.3, -0.25) is 9.59 Å². The lowest BCUT2D eigenvalue weighted by Crippen LogP contribution is -2.33. The molecule has 0 aromatic heterocycles. The van der Waals surface area contributed by atoms with E-state index in [1.807, 2.05) is 38.1 Å². The maximum Gasteiger partial charge on any atom is 0.226 e. The smallest absolute Gasteiger partial charge is 0.226 e. The number of carbonyl (C=O) groups excluding carboxylic acids is 2. The van der Waals surface area contributed by atoms with Crippen LogP contribution in [0.2, 0.25) is 5.02 Å². The number of carbonyl (C=O) groups is 2. The van der Waals surface area contributed by atoms with E-state index in [1.54, 1.807) is 12.1 Å². The van der Waals surface area contributed by atoms with Crippen molar-refractivity contribution in [3.05, 3.63) is 64.7 Å². The van der Waals surface area contributed by atoms with E-state index >= 15 is 0 Å². The second-order valence-electron chi connectivity index (χ2n) is 9.13. The Morgan fingerprint density at radius 3 is 2.44 bits per heavy atom. The molecule has 0 radical (unpaired) electrons. The van der Waals surface area contributed by atoms with E-state index in [4.69, 9.17) is 11.6 Å². The third kappa shape index (κ3) is 7.46. The number of nitrogens with zero attached hydrogens (tertiary/aromatic N) is 1. The number of hydrogen-bond acceptors (Lipinski definition) is 3. The molecule has 1 fully saturated rings. The summed E-state index contributed by atoms with van der Waals surface area (Å²) in [7, 11) is 0. The number of Topliss-reactive ketones (excluding diaryl/α,β-unsaturated/α-hetero) is 1. The summed E-state index contributed by atoms with van der Waals surface area (Å²) in [5.41, 5.74) is 2.98. The van der Waals surface area contributed by atoms with Crippen molar-refractivity contribution < 1.29 is 9.59 Å². The molecule has 4 nitrogen and oxygen atoms in total. The van der Waals surface area contributed by atoms with Gasteiger partial charge in [-0.05, 0) is 93.2 Å². The third-order valence-electron chi connectivity index (χ3n) is 6.28. The fourth-order valence-electron chi connectivity index (χ4n) is 4.22. The van der Waals surface area contributed by atoms with Crippen molar-refractivity contribution in [2.45, 2.75) is 58.3 Å². The van der Waals surface area contributed by atoms with Crippen LogP contribution in [0.25, 0.3) is 0 Å². The minimum absolute atomic E-state index is 0.0162. The maximum atomic E-state index is 12.2. The molecule has 32 heavy (non-hydrogen) atoms. The van der Waals surface area contributed by atoms with Crippen LogP contribution in [0, 0.1) is 5.92 Å². The number of benzene rings is 2. The Balaban J connectivity index is 1.34. The van der Waals surface area contributed by atoms with E-state index in [9.17, 15) is 9.59 Å². The summed E-state index contributed by atoms with van der Waals surface area (Å²) in [4.78, 5) is 26.7. The average molecular weight is 455 g/mol. The van der Waals surface area contributed by atoms with E-state index in [0.29, 0.717) is 17.4 Å². The Hall–Kier alpha value is -2.17. The highest BCUT2D eigenvalue weighted by molar-refractivity contribution is 6.30. The first-order chi connectivity index (χ1) is 15.4. The lowest BCUT2D eigenvalue weighted by atomic mass is 9.89. The normalized spacial score (nSPS) is 15.1. The average Bonchev–Trinajstić information content (AvgIpc) is 2.79. The van der Waals surface area contributed by atoms with Gasteiger partial charge in [0.2, 0.25) is 5.91 Å². The Morgan fingerprint density at radius 1 is 1.03 bits per heavy atom. The zero-order chi connectivity index (χ0) is 22.9. The quantitative estimate of drug-likeness (QED) is 0.326. The molecule has 0 atom stereocenters. The second kappa shape index (κ2) is 12.2. The standard InChI is InChI=1S/C27H35ClN2O2/c1-20(2)27(32)29-25-8-6-7-23(19-25)21-14-17-30(18-15-21)16-5-3-4-9-26(31)22-10-12-24(28)13-11-22/h6-8,10-13,19-21H,3-5,9,14-18H2,1-2H3,(H,29,32). The number of anilines is 1. The highest BCUT2D eigenvalue weighted by Crippen LogP contribution is 2.30. The van der Waals surface area contributed by atoms with Gasteiger partial charge in [0.05, 0.1) is 0 Å². The molecule has 5 heteroatoms. The molecule has 0 bridgehead atoms. The van der Waals surface area contributed by atoms with Gasteiger partial charge in [-0.15, -0.1) is 0 Å². The summed E-state index contributed by atoms with van der Waals surface area (Å²) in [6.07, 6.45) is 6.06. The summed E-state index contributed by atoms with van der Waals surface area (Å²) in [6.45, 7) is 7.14. The predicted molar refractivity (Wildman–Crippen MR) is 133 cm³/mol. The van der Waals surface area contributed by atoms with E-state index < -0.39 is 0 Å². The lowest BCUT2D eigenvalue weighted by Gasteiger charge is -2.32. The molecule has 1 aliphatic heterocycles. The Labute approximate surface area is 197 Å². The number of amides is 1. The summed E-state index contributed by atoms with van der Waals surface area (Å²) < 4.78 is 0. The topological polar surface area (TPSA) is 49.4 Å². The highest BCUT2D eigenvalue weighted by Gasteiger charge is 2.20. The Kier molecular flexibility index (Phi) is 9.31. The lowest BCUT2D eigenvalue weighted by molar-refractivity contribution is -0.118. The monoisotopic (exact) mass is 454 g/mol. The van der Waals surface area contributed by atoms with Gasteiger partial charge in [-0.2, -0.15) is 0 Å². The van der Waals surface area contributed by atoms with Crippen LogP contribution in [-0.2, 0) is 4.79 Å². The molecule has 1 aliphatic rings. The molecule has 1 saturated heterocycles. The number of rotatable bonds is 10. The van der Waals surface area contributed by atoms with Crippen molar-refractivity contribution in [1.82, 2.24) is 4.90 Å². The number of piperidine rings is 1. The van der Waals surface area contributed by atoms with E-state index in [2.05, 4.69) is 22.3 Å². The van der Waals surface area contributed by atoms with Gasteiger partial charge in [0.1, 0.15) is 0 Å². The van der Waals surface area contributed by atoms with Gasteiger partial charge in [0.15, 0.2) is 5.78 Å². The zero-order valence-corrected chi connectivity index (χ0v) is 20.0. The van der Waals surface area contributed by atoms with Crippen molar-refractivity contribution >= 4 is 29.0 Å². The maximum absolute atomic E-state index is 12.2. The minimum Gasteiger partial charge on any atom is -0.326 e. The van der Waals surface area contributed by atoms with Crippen LogP contribution in [0.5, 0.6) is 0 Å². The molecule has 0 saturated carbocycles. The van der Waals surface area contributed by atoms with Crippen LogP contribution in [-0.4, -0.2) is 36.2 Å². The molecule has 3 rings (SSSR count). The summed E-state index contributed by atoms with van der Waals surface area (Å²) >= 11 is 5.88. The van der Waals surface area contributed by atoms with Crippen molar-refractivity contribution in [2.24, 2.45) is 5.92 Å². The van der Waals surface area contributed by atoms with Gasteiger partial charge >= 0.3 is 0 Å². The molecular formula is C27H35ClN2O2. The largest absolute Gasteiger partial charge is 0.326 e. The Morgan fingerprint density at radius 2 is 1.75 bits per heavy atom. The van der Waals surface area contributed by atoms with Gasteiger partial charge in [0, 0.05) is 28.6 Å². The molecular weight excluding hydrogens is 420 g/mol. The number of unbranched alkanes of at least 4 members (excludes halogenated alkanes) is 2. The molecule has 0 spiro atoms. The molecule has 1 heterocycles. The van der Waals surface area contributed by atoms with Crippen molar-refractivity contribution in [3.63, 3.8) is 0 Å². The molecule has 2 aromatic carbocycles. The first kappa shape index (κ1) is 24.5. The third-order valence-corrected chi connectivity index (χ3v) is 6.53. The second-order valence-corrected chi connectivity index (χ2v) is 9.56. The summed E-state index contributed by atoms with van der Waals surface area (Å²) in [5.74, 6) is 0.803. The number of likely N-dealkylation sites (tertiary alicyclic amines) is 1. The van der Waals surface area contributed by atoms with Gasteiger partial charge in [0.25, 0.3) is 0 Å². The number of nitrogens with one attached hydrogen (secondary N) is 1. The van der Waals surface area contributed by atoms with Crippen LogP contribution < -0.4 is 5.32 Å². The first-order valence-corrected chi connectivity index (χ1v) is 12.2. The van der Waals surface area contributed by atoms with Crippen molar-refractivity contribution in [2.75, 3.05) is 25.0 Å². The molecule has 1 amide bonds. The van der Waals surface area contributed by atoms with E-state index in [-0.39, 0.29) is 17.6 Å². The SMILES string of the molecule is CC(C)C(=O)Nc1cccc(C2CCN(CCCCCC(=O)c3ccc(Cl)cc3)CC2)c1. The van der Waals surface area contributed by atoms with Gasteiger partial charge < -0.3 is 10.2 Å². The number of ketones is 1. The molecule has 0 unspecified atom stereocenters. The number of hydrogen-bond donors (Lipinski definition) is 1. The molecule has 2 aromatic rings. The minimum atomic E-state index is -0.0162. The van der Waals surface area contributed by atoms with Gasteiger partial charge in [-0.25, -0.2) is 0 Å².